The Morgan fingerprint density at radius 2 is 1.90 bits per heavy atom. The van der Waals surface area contributed by atoms with Crippen LogP contribution in [0.5, 0.6) is 0 Å². The minimum atomic E-state index is -5.00. The van der Waals surface area contributed by atoms with Gasteiger partial charge < -0.3 is 10.8 Å². The van der Waals surface area contributed by atoms with Gasteiger partial charge in [-0.3, -0.25) is 0 Å². The Kier molecular flexibility index (Phi) is 3.42. The summed E-state index contributed by atoms with van der Waals surface area (Å²) in [5.41, 5.74) is 2.03. The second-order valence-corrected chi connectivity index (χ2v) is 4.61. The zero-order valence-corrected chi connectivity index (χ0v) is 10.7. The van der Waals surface area contributed by atoms with Crippen LogP contribution < -0.4 is 5.73 Å². The molecular formula is C11H9F4N3OS. The molecule has 4 nitrogen and oxygen atoms in total. The Morgan fingerprint density at radius 3 is 2.30 bits per heavy atom. The van der Waals surface area contributed by atoms with E-state index in [-0.39, 0.29) is 16.3 Å². The Bertz CT molecular complexity index is 572. The number of nitrogens with two attached hydrogens (primary N) is 1. The zero-order chi connectivity index (χ0) is 15.1. The van der Waals surface area contributed by atoms with E-state index < -0.39 is 29.3 Å². The minimum absolute atomic E-state index is 0.0855. The van der Waals surface area contributed by atoms with E-state index in [1.54, 1.807) is 0 Å². The van der Waals surface area contributed by atoms with Gasteiger partial charge in [0.15, 0.2) is 5.11 Å². The summed E-state index contributed by atoms with van der Waals surface area (Å²) < 4.78 is 51.7. The molecule has 2 rings (SSSR count). The van der Waals surface area contributed by atoms with Gasteiger partial charge in [-0.05, 0) is 29.9 Å². The van der Waals surface area contributed by atoms with Crippen molar-refractivity contribution in [3.63, 3.8) is 0 Å². The molecule has 20 heavy (non-hydrogen) atoms. The first-order chi connectivity index (χ1) is 9.15. The molecule has 1 unspecified atom stereocenters. The number of rotatable bonds is 1. The largest absolute Gasteiger partial charge is 0.438 e. The van der Waals surface area contributed by atoms with Gasteiger partial charge >= 0.3 is 6.18 Å². The highest BCUT2D eigenvalue weighted by atomic mass is 32.1. The van der Waals surface area contributed by atoms with Crippen LogP contribution >= 0.6 is 12.2 Å². The third kappa shape index (κ3) is 2.34. The molecule has 9 heteroatoms. The van der Waals surface area contributed by atoms with E-state index in [2.05, 4.69) is 17.3 Å². The van der Waals surface area contributed by atoms with E-state index in [1.807, 2.05) is 0 Å². The van der Waals surface area contributed by atoms with Crippen LogP contribution in [0.25, 0.3) is 0 Å². The number of hydrazone groups is 1. The maximum atomic E-state index is 13.0. The molecule has 1 heterocycles. The third-order valence-corrected chi connectivity index (χ3v) is 3.00. The number of hydrogen-bond donors (Lipinski definition) is 2. The molecule has 1 atom stereocenters. The van der Waals surface area contributed by atoms with Crippen LogP contribution in [0.15, 0.2) is 29.4 Å². The van der Waals surface area contributed by atoms with E-state index in [1.165, 1.54) is 12.1 Å². The number of aliphatic hydroxyl groups is 1. The van der Waals surface area contributed by atoms with Crippen LogP contribution in [0, 0.1) is 5.82 Å². The number of halogens is 4. The fraction of sp³-hybridized carbons (Fsp3) is 0.273. The van der Waals surface area contributed by atoms with Crippen LogP contribution in [0.3, 0.4) is 0 Å². The highest BCUT2D eigenvalue weighted by molar-refractivity contribution is 7.80. The van der Waals surface area contributed by atoms with Gasteiger partial charge in [-0.25, -0.2) is 4.39 Å². The summed E-state index contributed by atoms with van der Waals surface area (Å²) in [7, 11) is 0. The number of nitrogens with zero attached hydrogens (tertiary/aromatic N) is 2. The van der Waals surface area contributed by atoms with E-state index in [4.69, 9.17) is 5.73 Å². The first-order valence-corrected chi connectivity index (χ1v) is 5.78. The summed E-state index contributed by atoms with van der Waals surface area (Å²) in [5, 5.41) is 12.8. The van der Waals surface area contributed by atoms with Crippen molar-refractivity contribution in [2.24, 2.45) is 10.8 Å². The summed E-state index contributed by atoms with van der Waals surface area (Å²) in [6, 6.07) is 4.67. The Hall–Kier alpha value is -1.74. The van der Waals surface area contributed by atoms with Crippen molar-refractivity contribution in [2.75, 3.05) is 0 Å². The van der Waals surface area contributed by atoms with Crippen LogP contribution in [0.2, 0.25) is 0 Å². The molecule has 0 spiro atoms. The van der Waals surface area contributed by atoms with Gasteiger partial charge in [-0.15, -0.1) is 0 Å². The van der Waals surface area contributed by atoms with Gasteiger partial charge in [0.25, 0.3) is 5.72 Å². The molecule has 108 valence electrons. The molecule has 0 saturated carbocycles. The molecule has 0 fully saturated rings. The van der Waals surface area contributed by atoms with Gasteiger partial charge in [0.1, 0.15) is 5.82 Å². The molecule has 0 aliphatic carbocycles. The van der Waals surface area contributed by atoms with Gasteiger partial charge in [0, 0.05) is 0 Å². The number of alkyl halides is 3. The highest BCUT2D eigenvalue weighted by Gasteiger charge is 2.62. The molecule has 1 aromatic carbocycles. The molecule has 0 aromatic heterocycles. The van der Waals surface area contributed by atoms with Crippen molar-refractivity contribution in [1.82, 2.24) is 5.01 Å². The average molecular weight is 307 g/mol. The van der Waals surface area contributed by atoms with Crippen molar-refractivity contribution < 1.29 is 22.7 Å². The van der Waals surface area contributed by atoms with Crippen LogP contribution in [0.1, 0.15) is 12.0 Å². The van der Waals surface area contributed by atoms with Crippen molar-refractivity contribution in [2.45, 2.75) is 18.3 Å². The van der Waals surface area contributed by atoms with Crippen LogP contribution in [0.4, 0.5) is 17.6 Å². The lowest BCUT2D eigenvalue weighted by Crippen LogP contribution is -2.57. The number of benzene rings is 1. The summed E-state index contributed by atoms with van der Waals surface area (Å²) in [6.45, 7) is 0. The monoisotopic (exact) mass is 307 g/mol. The maximum Gasteiger partial charge on any atom is 0.438 e. The lowest BCUT2D eigenvalue weighted by molar-refractivity contribution is -0.294. The van der Waals surface area contributed by atoms with Crippen molar-refractivity contribution in [1.29, 1.82) is 0 Å². The molecule has 3 N–H and O–H groups in total. The first-order valence-electron chi connectivity index (χ1n) is 5.37. The van der Waals surface area contributed by atoms with E-state index in [0.29, 0.717) is 0 Å². The Balaban J connectivity index is 2.42. The van der Waals surface area contributed by atoms with Gasteiger partial charge in [-0.1, -0.05) is 12.1 Å². The standard InChI is InChI=1S/C11H9F4N3OS/c12-7-3-1-6(2-4-7)8-5-10(19,11(13,14)15)18(17-8)9(16)20/h1-4,19H,5H2,(H2,16,20). The SMILES string of the molecule is NC(=S)N1N=C(c2ccc(F)cc2)CC1(O)C(F)(F)F. The van der Waals surface area contributed by atoms with Crippen molar-refractivity contribution in [3.05, 3.63) is 35.6 Å². The topological polar surface area (TPSA) is 61.8 Å². The molecule has 0 radical (unpaired) electrons. The van der Waals surface area contributed by atoms with Crippen molar-refractivity contribution in [3.8, 4) is 0 Å². The fourth-order valence-corrected chi connectivity index (χ4v) is 1.99. The van der Waals surface area contributed by atoms with Gasteiger partial charge in [0.05, 0.1) is 12.1 Å². The quantitative estimate of drug-likeness (QED) is 0.613. The Morgan fingerprint density at radius 1 is 1.35 bits per heavy atom. The number of thiocarbonyl (C=S) groups is 1. The predicted molar refractivity (Wildman–Crippen MR) is 67.2 cm³/mol. The predicted octanol–water partition coefficient (Wildman–Crippen LogP) is 1.73. The molecule has 0 amide bonds. The molecular weight excluding hydrogens is 298 g/mol. The lowest BCUT2D eigenvalue weighted by atomic mass is 10.0. The molecule has 1 aliphatic heterocycles. The van der Waals surface area contributed by atoms with Crippen LogP contribution in [-0.2, 0) is 0 Å². The van der Waals surface area contributed by atoms with E-state index in [9.17, 15) is 22.7 Å². The lowest BCUT2D eigenvalue weighted by Gasteiger charge is -2.32. The maximum absolute atomic E-state index is 13.0. The summed E-state index contributed by atoms with van der Waals surface area (Å²) in [5.74, 6) is -0.537. The molecule has 0 bridgehead atoms. The first kappa shape index (κ1) is 14.7. The highest BCUT2D eigenvalue weighted by Crippen LogP contribution is 2.41. The average Bonchev–Trinajstić information content (AvgIpc) is 2.69. The van der Waals surface area contributed by atoms with Gasteiger partial charge in [0.2, 0.25) is 0 Å². The second-order valence-electron chi connectivity index (χ2n) is 4.19. The minimum Gasteiger partial charge on any atom is -0.375 e. The summed E-state index contributed by atoms with van der Waals surface area (Å²) in [6.07, 6.45) is -5.85. The smallest absolute Gasteiger partial charge is 0.375 e. The second kappa shape index (κ2) is 4.67. The van der Waals surface area contributed by atoms with Crippen molar-refractivity contribution >= 4 is 23.0 Å². The zero-order valence-electron chi connectivity index (χ0n) is 9.86. The normalized spacial score (nSPS) is 22.9. The van der Waals surface area contributed by atoms with Gasteiger partial charge in [-0.2, -0.15) is 23.3 Å². The molecule has 1 aromatic rings. The third-order valence-electron chi connectivity index (χ3n) is 2.83. The summed E-state index contributed by atoms with van der Waals surface area (Å²) in [4.78, 5) is 0. The van der Waals surface area contributed by atoms with E-state index in [0.717, 1.165) is 12.1 Å². The molecule has 1 aliphatic rings. The summed E-state index contributed by atoms with van der Waals surface area (Å²) >= 11 is 4.47. The number of hydrogen-bond acceptors (Lipinski definition) is 3. The van der Waals surface area contributed by atoms with Crippen LogP contribution in [-0.4, -0.2) is 32.8 Å². The Labute approximate surface area is 116 Å². The fourth-order valence-electron chi connectivity index (χ4n) is 1.80. The van der Waals surface area contributed by atoms with E-state index >= 15 is 0 Å². The molecule has 0 saturated heterocycles.